The first kappa shape index (κ1) is 21.4. The number of ether oxygens (including phenoxy) is 1. The molecular weight excluding hydrogens is 446 g/mol. The zero-order valence-corrected chi connectivity index (χ0v) is 19.2. The molecule has 5 heterocycles. The lowest BCUT2D eigenvalue weighted by Gasteiger charge is -2.52. The fourth-order valence-electron chi connectivity index (χ4n) is 4.80. The van der Waals surface area contributed by atoms with E-state index in [9.17, 15) is 9.59 Å². The molecule has 3 amide bonds. The molecule has 3 aromatic rings. The summed E-state index contributed by atoms with van der Waals surface area (Å²) < 4.78 is 6.87. The number of urea groups is 1. The maximum absolute atomic E-state index is 13.2. The summed E-state index contributed by atoms with van der Waals surface area (Å²) in [7, 11) is 3.35. The van der Waals surface area contributed by atoms with Gasteiger partial charge in [-0.1, -0.05) is 17.7 Å². The van der Waals surface area contributed by atoms with Gasteiger partial charge in [0.15, 0.2) is 0 Å². The molecule has 0 radical (unpaired) electrons. The number of aryl methyl sites for hydroxylation is 1. The molecule has 5 rings (SSSR count). The van der Waals surface area contributed by atoms with E-state index in [4.69, 9.17) is 16.3 Å². The third kappa shape index (κ3) is 3.64. The van der Waals surface area contributed by atoms with Gasteiger partial charge in [0.1, 0.15) is 22.8 Å². The number of carbonyl (C=O) groups is 2. The van der Waals surface area contributed by atoms with Gasteiger partial charge in [-0.05, 0) is 25.0 Å². The van der Waals surface area contributed by atoms with Crippen LogP contribution in [0.5, 0.6) is 5.88 Å². The fourth-order valence-corrected chi connectivity index (χ4v) is 4.98. The SMILES string of the molecule is COc1cccc(CNC(=O)N2CCCC23CN(C(=O)c2cc4c(Cl)ncnc4n2C)C3)n1. The summed E-state index contributed by atoms with van der Waals surface area (Å²) in [5.41, 5.74) is 1.50. The van der Waals surface area contributed by atoms with Crippen molar-refractivity contribution in [3.8, 4) is 5.88 Å². The van der Waals surface area contributed by atoms with Crippen molar-refractivity contribution >= 4 is 34.6 Å². The summed E-state index contributed by atoms with van der Waals surface area (Å²) in [4.78, 5) is 42.3. The number of nitrogens with zero attached hydrogens (tertiary/aromatic N) is 6. The van der Waals surface area contributed by atoms with E-state index in [2.05, 4.69) is 20.3 Å². The van der Waals surface area contributed by atoms with Crippen LogP contribution >= 0.6 is 11.6 Å². The summed E-state index contributed by atoms with van der Waals surface area (Å²) in [6.45, 7) is 1.97. The summed E-state index contributed by atoms with van der Waals surface area (Å²) >= 11 is 6.17. The number of pyridine rings is 1. The summed E-state index contributed by atoms with van der Waals surface area (Å²) in [6, 6.07) is 7.02. The Balaban J connectivity index is 1.25. The fraction of sp³-hybridized carbons (Fsp3) is 0.409. The van der Waals surface area contributed by atoms with Crippen molar-refractivity contribution in [2.75, 3.05) is 26.7 Å². The van der Waals surface area contributed by atoms with Crippen molar-refractivity contribution in [3.05, 3.63) is 47.1 Å². The Labute approximate surface area is 195 Å². The summed E-state index contributed by atoms with van der Waals surface area (Å²) in [5.74, 6) is 0.401. The molecule has 1 N–H and O–H groups in total. The van der Waals surface area contributed by atoms with E-state index in [1.54, 1.807) is 35.8 Å². The normalized spacial score (nSPS) is 16.8. The number of amides is 3. The highest BCUT2D eigenvalue weighted by atomic mass is 35.5. The molecule has 33 heavy (non-hydrogen) atoms. The first-order chi connectivity index (χ1) is 15.9. The van der Waals surface area contributed by atoms with Crippen molar-refractivity contribution in [1.29, 1.82) is 0 Å². The van der Waals surface area contributed by atoms with Gasteiger partial charge in [-0.2, -0.15) is 0 Å². The topological polar surface area (TPSA) is 105 Å². The second-order valence-electron chi connectivity index (χ2n) is 8.46. The Morgan fingerprint density at radius 2 is 2.09 bits per heavy atom. The van der Waals surface area contributed by atoms with E-state index in [0.717, 1.165) is 18.5 Å². The number of hydrogen-bond donors (Lipinski definition) is 1. The zero-order chi connectivity index (χ0) is 23.2. The molecule has 0 aliphatic carbocycles. The quantitative estimate of drug-likeness (QED) is 0.587. The molecule has 10 nitrogen and oxygen atoms in total. The van der Waals surface area contributed by atoms with Crippen LogP contribution in [-0.4, -0.2) is 73.5 Å². The number of hydrogen-bond acceptors (Lipinski definition) is 6. The second-order valence-corrected chi connectivity index (χ2v) is 8.82. The molecule has 0 bridgehead atoms. The number of aromatic nitrogens is 4. The smallest absolute Gasteiger partial charge is 0.318 e. The van der Waals surface area contributed by atoms with E-state index in [0.29, 0.717) is 53.9 Å². The minimum absolute atomic E-state index is 0.106. The van der Waals surface area contributed by atoms with Crippen LogP contribution < -0.4 is 10.1 Å². The number of carbonyl (C=O) groups excluding carboxylic acids is 2. The molecule has 2 aliphatic heterocycles. The summed E-state index contributed by atoms with van der Waals surface area (Å²) in [5, 5.41) is 3.92. The Morgan fingerprint density at radius 3 is 2.85 bits per heavy atom. The van der Waals surface area contributed by atoms with Crippen molar-refractivity contribution in [2.45, 2.75) is 24.9 Å². The molecule has 0 unspecified atom stereocenters. The number of fused-ring (bicyclic) bond motifs is 1. The van der Waals surface area contributed by atoms with Crippen molar-refractivity contribution in [1.82, 2.24) is 34.6 Å². The molecule has 0 aromatic carbocycles. The molecule has 172 valence electrons. The zero-order valence-electron chi connectivity index (χ0n) is 18.4. The Morgan fingerprint density at radius 1 is 1.27 bits per heavy atom. The van der Waals surface area contributed by atoms with E-state index in [-0.39, 0.29) is 17.5 Å². The van der Waals surface area contributed by atoms with Crippen LogP contribution in [-0.2, 0) is 13.6 Å². The molecule has 2 fully saturated rings. The highest BCUT2D eigenvalue weighted by molar-refractivity contribution is 6.34. The summed E-state index contributed by atoms with van der Waals surface area (Å²) in [6.07, 6.45) is 3.16. The molecule has 3 aromatic heterocycles. The van der Waals surface area contributed by atoms with Gasteiger partial charge in [-0.3, -0.25) is 4.79 Å². The minimum Gasteiger partial charge on any atom is -0.481 e. The average molecular weight is 470 g/mol. The third-order valence-corrected chi connectivity index (χ3v) is 6.80. The van der Waals surface area contributed by atoms with Gasteiger partial charge in [-0.15, -0.1) is 0 Å². The lowest BCUT2D eigenvalue weighted by molar-refractivity contribution is -0.00242. The predicted molar refractivity (Wildman–Crippen MR) is 121 cm³/mol. The van der Waals surface area contributed by atoms with Gasteiger partial charge in [0.2, 0.25) is 5.88 Å². The van der Waals surface area contributed by atoms with Crippen LogP contribution in [0.3, 0.4) is 0 Å². The molecule has 1 spiro atoms. The van der Waals surface area contributed by atoms with E-state index >= 15 is 0 Å². The molecule has 2 saturated heterocycles. The first-order valence-corrected chi connectivity index (χ1v) is 11.1. The van der Waals surface area contributed by atoms with Crippen molar-refractivity contribution in [3.63, 3.8) is 0 Å². The Hall–Kier alpha value is -3.40. The van der Waals surface area contributed by atoms with E-state index in [1.807, 2.05) is 17.0 Å². The van der Waals surface area contributed by atoms with Crippen LogP contribution in [0.1, 0.15) is 29.0 Å². The second kappa shape index (κ2) is 8.18. The molecular formula is C22H24ClN7O3. The lowest BCUT2D eigenvalue weighted by atomic mass is 9.86. The largest absolute Gasteiger partial charge is 0.481 e. The number of halogens is 1. The monoisotopic (exact) mass is 469 g/mol. The van der Waals surface area contributed by atoms with Crippen LogP contribution in [0.25, 0.3) is 11.0 Å². The van der Waals surface area contributed by atoms with E-state index in [1.165, 1.54) is 6.33 Å². The highest BCUT2D eigenvalue weighted by Crippen LogP contribution is 2.38. The number of methoxy groups -OCH3 is 1. The van der Waals surface area contributed by atoms with Crippen LogP contribution in [0, 0.1) is 0 Å². The van der Waals surface area contributed by atoms with Crippen LogP contribution in [0.15, 0.2) is 30.6 Å². The van der Waals surface area contributed by atoms with Gasteiger partial charge in [-0.25, -0.2) is 19.7 Å². The van der Waals surface area contributed by atoms with Crippen LogP contribution in [0.2, 0.25) is 5.15 Å². The maximum Gasteiger partial charge on any atom is 0.318 e. The third-order valence-electron chi connectivity index (χ3n) is 6.50. The van der Waals surface area contributed by atoms with Gasteiger partial charge in [0, 0.05) is 32.7 Å². The standard InChI is InChI=1S/C22H24ClN7O3/c1-28-16(9-15-18(23)25-13-26-19(15)28)20(31)29-11-22(12-29)7-4-8-30(22)21(32)24-10-14-5-3-6-17(27-14)33-2/h3,5-6,9,13H,4,7-8,10-12H2,1-2H3,(H,24,32). The molecule has 0 atom stereocenters. The van der Waals surface area contributed by atoms with Gasteiger partial charge >= 0.3 is 6.03 Å². The van der Waals surface area contributed by atoms with Gasteiger partial charge in [0.05, 0.1) is 30.3 Å². The molecule has 2 aliphatic rings. The number of rotatable bonds is 4. The average Bonchev–Trinajstić information content (AvgIpc) is 3.39. The first-order valence-electron chi connectivity index (χ1n) is 10.7. The Kier molecular flexibility index (Phi) is 5.32. The molecule has 0 saturated carbocycles. The predicted octanol–water partition coefficient (Wildman–Crippen LogP) is 2.23. The number of nitrogens with one attached hydrogen (secondary N) is 1. The highest BCUT2D eigenvalue weighted by Gasteiger charge is 2.53. The van der Waals surface area contributed by atoms with Crippen molar-refractivity contribution in [2.24, 2.45) is 7.05 Å². The Bertz CT molecular complexity index is 1240. The van der Waals surface area contributed by atoms with Crippen molar-refractivity contribution < 1.29 is 14.3 Å². The lowest BCUT2D eigenvalue weighted by Crippen LogP contribution is -2.70. The van der Waals surface area contributed by atoms with Gasteiger partial charge in [0.25, 0.3) is 5.91 Å². The van der Waals surface area contributed by atoms with Crippen LogP contribution in [0.4, 0.5) is 4.79 Å². The maximum atomic E-state index is 13.2. The van der Waals surface area contributed by atoms with E-state index < -0.39 is 0 Å². The molecule has 11 heteroatoms. The number of likely N-dealkylation sites (tertiary alicyclic amines) is 2. The minimum atomic E-state index is -0.330. The van der Waals surface area contributed by atoms with Gasteiger partial charge < -0.3 is 24.4 Å².